The maximum absolute atomic E-state index is 10.8. The molecule has 0 bridgehead atoms. The molecule has 234 valence electrons. The number of aliphatic hydroxyl groups is 10. The van der Waals surface area contributed by atoms with E-state index in [4.69, 9.17) is 28.4 Å². The van der Waals surface area contributed by atoms with Crippen molar-refractivity contribution in [3.8, 4) is 0 Å². The van der Waals surface area contributed by atoms with Gasteiger partial charge in [-0.1, -0.05) is 0 Å². The summed E-state index contributed by atoms with van der Waals surface area (Å²) in [6, 6.07) is -0.612. The molecule has 18 atom stereocenters. The quantitative estimate of drug-likeness (QED) is 0.126. The van der Waals surface area contributed by atoms with Crippen LogP contribution in [-0.4, -0.2) is 181 Å². The van der Waals surface area contributed by atoms with Gasteiger partial charge in [0.25, 0.3) is 0 Å². The summed E-state index contributed by atoms with van der Waals surface area (Å²) in [6.45, 7) is 2.08. The fourth-order valence-electron chi connectivity index (χ4n) is 5.38. The van der Waals surface area contributed by atoms with Crippen molar-refractivity contribution >= 4 is 0 Å². The van der Waals surface area contributed by atoms with Crippen molar-refractivity contribution in [3.63, 3.8) is 0 Å². The third kappa shape index (κ3) is 6.31. The zero-order valence-electron chi connectivity index (χ0n) is 21.9. The Bertz CT molecular complexity index is 811. The molecule has 4 heterocycles. The second-order valence-electron chi connectivity index (χ2n) is 10.6. The van der Waals surface area contributed by atoms with Crippen LogP contribution in [0.4, 0.5) is 0 Å². The van der Waals surface area contributed by atoms with Crippen LogP contribution in [0.1, 0.15) is 13.8 Å². The molecule has 4 rings (SSSR count). The molecule has 0 aromatic carbocycles. The van der Waals surface area contributed by atoms with E-state index in [2.05, 4.69) is 5.32 Å². The van der Waals surface area contributed by atoms with E-state index in [-0.39, 0.29) is 13.2 Å². The number of hydrogen-bond donors (Lipinski definition) is 11. The molecule has 17 heteroatoms. The van der Waals surface area contributed by atoms with Crippen molar-refractivity contribution in [2.45, 2.75) is 124 Å². The van der Waals surface area contributed by atoms with Crippen LogP contribution in [0, 0.1) is 0 Å². The first-order chi connectivity index (χ1) is 18.9. The first-order valence-corrected chi connectivity index (χ1v) is 13.2. The lowest BCUT2D eigenvalue weighted by Crippen LogP contribution is -2.65. The zero-order valence-corrected chi connectivity index (χ0v) is 21.9. The summed E-state index contributed by atoms with van der Waals surface area (Å²) in [7, 11) is 0. The second kappa shape index (κ2) is 13.3. The first kappa shape index (κ1) is 32.2. The lowest BCUT2D eigenvalue weighted by molar-refractivity contribution is -0.376. The number of rotatable bonds is 8. The molecule has 0 radical (unpaired) electrons. The van der Waals surface area contributed by atoms with E-state index in [0.717, 1.165) is 0 Å². The molecule has 11 N–H and O–H groups in total. The molecular formula is C23H41NO16. The van der Waals surface area contributed by atoms with Gasteiger partial charge in [-0.05, 0) is 13.8 Å². The molecular weight excluding hydrogens is 546 g/mol. The molecule has 0 aromatic heterocycles. The monoisotopic (exact) mass is 587 g/mol. The van der Waals surface area contributed by atoms with Gasteiger partial charge in [-0.2, -0.15) is 0 Å². The molecule has 4 aliphatic heterocycles. The number of aliphatic hydroxyl groups excluding tert-OH is 10. The molecule has 4 saturated heterocycles. The van der Waals surface area contributed by atoms with Crippen LogP contribution in [0.25, 0.3) is 0 Å². The average Bonchev–Trinajstić information content (AvgIpc) is 3.28. The van der Waals surface area contributed by atoms with Gasteiger partial charge in [-0.3, -0.25) is 0 Å². The van der Waals surface area contributed by atoms with Gasteiger partial charge in [0.15, 0.2) is 18.9 Å². The molecule has 0 spiro atoms. The van der Waals surface area contributed by atoms with E-state index in [9.17, 15) is 51.1 Å². The number of β-amino-alcohol motifs (C(OH)–C–C–N with tert-alkyl or cyclic N) is 1. The topological polar surface area (TPSA) is 270 Å². The minimum atomic E-state index is -1.76. The van der Waals surface area contributed by atoms with Crippen LogP contribution in [0.2, 0.25) is 0 Å². The molecule has 17 nitrogen and oxygen atoms in total. The van der Waals surface area contributed by atoms with Crippen molar-refractivity contribution < 1.29 is 79.5 Å². The molecule has 0 amide bonds. The Balaban J connectivity index is 1.37. The lowest BCUT2D eigenvalue weighted by Gasteiger charge is -2.48. The summed E-state index contributed by atoms with van der Waals surface area (Å²) in [4.78, 5) is 0. The maximum Gasteiger partial charge on any atom is 0.187 e. The zero-order chi connectivity index (χ0) is 29.5. The standard InChI is InChI=1S/C23H41NO16/c1-6-18(14(31)17(34)22(36-6)40-20-8(4-25)24-3-9(20)27)38-21-16(33)13(30)19(7(2)35-21)39-23-15(32)12(29)11(28)10(5-26)37-23/h6-34H,3-5H2,1-2H3/t6-,7-,8-,9-,10-,11-,12+,13-,14-,15-,16-,17-,18-,19-,20-,21+,22-,23+/m1/s1. The molecule has 0 unspecified atom stereocenters. The molecule has 40 heavy (non-hydrogen) atoms. The highest BCUT2D eigenvalue weighted by Crippen LogP contribution is 2.33. The SMILES string of the molecule is C[C@H]1O[C@@H](O[C@H]2[C@H](O)[C@@H](O)[C@@H](O[C@H]3[C@H](O)CN[C@@H]3CO)O[C@@H]2C)[C@H](O)[C@@H](O)[C@@H]1O[C@@H]1O[C@H](CO)[C@@H](O)[C@H](O)[C@H]1O. The Labute approximate surface area is 229 Å². The minimum absolute atomic E-state index is 0.154. The van der Waals surface area contributed by atoms with Crippen LogP contribution in [-0.2, 0) is 28.4 Å². The summed E-state index contributed by atoms with van der Waals surface area (Å²) in [5, 5.41) is 105. The predicted octanol–water partition coefficient (Wildman–Crippen LogP) is -6.80. The van der Waals surface area contributed by atoms with E-state index >= 15 is 0 Å². The fraction of sp³-hybridized carbons (Fsp3) is 1.00. The summed E-state index contributed by atoms with van der Waals surface area (Å²) in [5.74, 6) is 0. The number of hydrogen-bond acceptors (Lipinski definition) is 17. The normalized spacial score (nSPS) is 54.0. The van der Waals surface area contributed by atoms with E-state index in [1.54, 1.807) is 0 Å². The van der Waals surface area contributed by atoms with E-state index in [0.29, 0.717) is 0 Å². The molecule has 0 aromatic rings. The first-order valence-electron chi connectivity index (χ1n) is 13.2. The van der Waals surface area contributed by atoms with Crippen molar-refractivity contribution in [2.75, 3.05) is 19.8 Å². The van der Waals surface area contributed by atoms with Gasteiger partial charge in [-0.15, -0.1) is 0 Å². The predicted molar refractivity (Wildman–Crippen MR) is 126 cm³/mol. The highest BCUT2D eigenvalue weighted by Gasteiger charge is 2.53. The molecule has 4 fully saturated rings. The highest BCUT2D eigenvalue weighted by atomic mass is 16.8. The van der Waals surface area contributed by atoms with Gasteiger partial charge in [0.2, 0.25) is 0 Å². The maximum atomic E-state index is 10.8. The van der Waals surface area contributed by atoms with Gasteiger partial charge in [-0.25, -0.2) is 0 Å². The Morgan fingerprint density at radius 2 is 1.02 bits per heavy atom. The Hall–Kier alpha value is -0.680. The molecule has 0 saturated carbocycles. The Kier molecular flexibility index (Phi) is 10.7. The highest BCUT2D eigenvalue weighted by molar-refractivity contribution is 4.97. The van der Waals surface area contributed by atoms with Gasteiger partial charge < -0.3 is 84.8 Å². The van der Waals surface area contributed by atoms with Crippen LogP contribution in [0.3, 0.4) is 0 Å². The summed E-state index contributed by atoms with van der Waals surface area (Å²) >= 11 is 0. The Morgan fingerprint density at radius 3 is 1.50 bits per heavy atom. The van der Waals surface area contributed by atoms with Crippen LogP contribution >= 0.6 is 0 Å². The van der Waals surface area contributed by atoms with Crippen molar-refractivity contribution in [2.24, 2.45) is 0 Å². The van der Waals surface area contributed by atoms with Gasteiger partial charge in [0.05, 0.1) is 37.6 Å². The minimum Gasteiger partial charge on any atom is -0.395 e. The van der Waals surface area contributed by atoms with Gasteiger partial charge >= 0.3 is 0 Å². The van der Waals surface area contributed by atoms with Crippen molar-refractivity contribution in [1.82, 2.24) is 5.32 Å². The molecule has 0 aliphatic carbocycles. The summed E-state index contributed by atoms with van der Waals surface area (Å²) < 4.78 is 33.6. The van der Waals surface area contributed by atoms with E-state index < -0.39 is 117 Å². The largest absolute Gasteiger partial charge is 0.395 e. The molecule has 4 aliphatic rings. The van der Waals surface area contributed by atoms with Crippen LogP contribution in [0.15, 0.2) is 0 Å². The van der Waals surface area contributed by atoms with Gasteiger partial charge in [0.1, 0.15) is 67.1 Å². The third-order valence-electron chi connectivity index (χ3n) is 7.84. The third-order valence-corrected chi connectivity index (χ3v) is 7.84. The summed E-state index contributed by atoms with van der Waals surface area (Å²) in [5.41, 5.74) is 0. The smallest absolute Gasteiger partial charge is 0.187 e. The number of ether oxygens (including phenoxy) is 6. The lowest BCUT2D eigenvalue weighted by atomic mass is 9.96. The van der Waals surface area contributed by atoms with Crippen molar-refractivity contribution in [3.05, 3.63) is 0 Å². The van der Waals surface area contributed by atoms with Crippen molar-refractivity contribution in [1.29, 1.82) is 0 Å². The Morgan fingerprint density at radius 1 is 0.575 bits per heavy atom. The fourth-order valence-corrected chi connectivity index (χ4v) is 5.38. The van der Waals surface area contributed by atoms with Gasteiger partial charge in [0, 0.05) is 6.54 Å². The summed E-state index contributed by atoms with van der Waals surface area (Å²) in [6.07, 6.45) is -24.0. The average molecular weight is 588 g/mol. The van der Waals surface area contributed by atoms with E-state index in [1.165, 1.54) is 13.8 Å². The number of nitrogens with one attached hydrogen (secondary N) is 1. The van der Waals surface area contributed by atoms with E-state index in [1.807, 2.05) is 0 Å². The van der Waals surface area contributed by atoms with Crippen LogP contribution in [0.5, 0.6) is 0 Å². The second-order valence-corrected chi connectivity index (χ2v) is 10.6. The van der Waals surface area contributed by atoms with Crippen LogP contribution < -0.4 is 5.32 Å².